The number of benzene rings is 1. The Morgan fingerprint density at radius 2 is 2.14 bits per heavy atom. The van der Waals surface area contributed by atoms with E-state index in [1.165, 1.54) is 6.42 Å². The Labute approximate surface area is 127 Å². The first-order valence-electron chi connectivity index (χ1n) is 7.61. The molecule has 2 fully saturated rings. The molecule has 2 saturated heterocycles. The third-order valence-corrected chi connectivity index (χ3v) is 5.05. The Hall–Kier alpha value is -2.28. The zero-order valence-electron chi connectivity index (χ0n) is 12.0. The van der Waals surface area contributed by atoms with E-state index in [-0.39, 0.29) is 11.8 Å². The highest BCUT2D eigenvalue weighted by atomic mass is 16.5. The van der Waals surface area contributed by atoms with Crippen molar-refractivity contribution in [2.45, 2.75) is 18.2 Å². The summed E-state index contributed by atoms with van der Waals surface area (Å²) in [6, 6.07) is 7.75. The number of hydrogen-bond acceptors (Lipinski definition) is 7. The van der Waals surface area contributed by atoms with Crippen LogP contribution in [0.2, 0.25) is 0 Å². The van der Waals surface area contributed by atoms with Crippen molar-refractivity contribution in [2.24, 2.45) is 10.9 Å². The van der Waals surface area contributed by atoms with Gasteiger partial charge in [0, 0.05) is 19.0 Å². The molecular formula is C15H16N6O. The van der Waals surface area contributed by atoms with E-state index in [0.29, 0.717) is 18.4 Å². The molecule has 3 aliphatic rings. The summed E-state index contributed by atoms with van der Waals surface area (Å²) in [7, 11) is 0. The number of anilines is 1. The van der Waals surface area contributed by atoms with Gasteiger partial charge in [0.15, 0.2) is 12.0 Å². The molecule has 0 saturated carbocycles. The first-order chi connectivity index (χ1) is 10.9. The van der Waals surface area contributed by atoms with Gasteiger partial charge in [0.1, 0.15) is 11.7 Å². The van der Waals surface area contributed by atoms with E-state index >= 15 is 0 Å². The Bertz CT molecular complexity index is 755. The number of fused-ring (bicyclic) bond motifs is 4. The Balaban J connectivity index is 1.48. The average Bonchev–Trinajstić information content (AvgIpc) is 3.27. The van der Waals surface area contributed by atoms with Gasteiger partial charge < -0.3 is 10.1 Å². The van der Waals surface area contributed by atoms with Crippen molar-refractivity contribution >= 4 is 23.4 Å². The van der Waals surface area contributed by atoms with Crippen molar-refractivity contribution in [3.05, 3.63) is 24.3 Å². The number of piperidine rings is 1. The molecule has 4 unspecified atom stereocenters. The van der Waals surface area contributed by atoms with E-state index in [2.05, 4.69) is 30.4 Å². The topological polar surface area (TPSA) is 75.5 Å². The second-order valence-corrected chi connectivity index (χ2v) is 6.17. The molecule has 1 aromatic carbocycles. The van der Waals surface area contributed by atoms with Gasteiger partial charge in [0.05, 0.1) is 12.1 Å². The summed E-state index contributed by atoms with van der Waals surface area (Å²) in [4.78, 5) is 11.3. The lowest BCUT2D eigenvalue weighted by Crippen LogP contribution is -2.57. The van der Waals surface area contributed by atoms with Crippen LogP contribution in [0.1, 0.15) is 6.42 Å². The number of hydrogen-bond donors (Lipinski definition) is 1. The molecule has 3 aliphatic heterocycles. The van der Waals surface area contributed by atoms with Crippen LogP contribution in [-0.2, 0) is 4.74 Å². The molecular weight excluding hydrogens is 280 g/mol. The number of nitrogens with one attached hydrogen (secondary N) is 1. The molecule has 0 radical (unpaired) electrons. The molecule has 1 spiro atoms. The van der Waals surface area contributed by atoms with Gasteiger partial charge in [-0.3, -0.25) is 9.89 Å². The van der Waals surface area contributed by atoms with Crippen LogP contribution in [0.15, 0.2) is 29.3 Å². The first kappa shape index (κ1) is 12.3. The lowest BCUT2D eigenvalue weighted by molar-refractivity contribution is 0.00591. The van der Waals surface area contributed by atoms with Gasteiger partial charge in [0.25, 0.3) is 0 Å². The zero-order valence-corrected chi connectivity index (χ0v) is 12.0. The van der Waals surface area contributed by atoms with Gasteiger partial charge in [-0.2, -0.15) is 0 Å². The van der Waals surface area contributed by atoms with E-state index < -0.39 is 0 Å². The predicted octanol–water partition coefficient (Wildman–Crippen LogP) is 0.896. The number of nitrogens with zero attached hydrogens (tertiary/aromatic N) is 5. The van der Waals surface area contributed by atoms with Gasteiger partial charge >= 0.3 is 0 Å². The molecule has 7 heteroatoms. The summed E-state index contributed by atoms with van der Waals surface area (Å²) in [6.45, 7) is 2.82. The van der Waals surface area contributed by atoms with Crippen LogP contribution in [0.5, 0.6) is 0 Å². The first-order valence-corrected chi connectivity index (χ1v) is 7.61. The quantitative estimate of drug-likeness (QED) is 0.887. The SMILES string of the molecule is C1=NCC2(O1)C1CCN(C1)C2Nc1nnc2ccccc2n1. The second kappa shape index (κ2) is 4.36. The van der Waals surface area contributed by atoms with Crippen LogP contribution in [0, 0.1) is 5.92 Å². The van der Waals surface area contributed by atoms with Gasteiger partial charge in [-0.1, -0.05) is 12.1 Å². The summed E-state index contributed by atoms with van der Waals surface area (Å²) in [5.74, 6) is 1.06. The Morgan fingerprint density at radius 1 is 1.23 bits per heavy atom. The third-order valence-electron chi connectivity index (χ3n) is 5.05. The summed E-state index contributed by atoms with van der Waals surface area (Å²) in [5.41, 5.74) is 1.38. The number of para-hydroxylation sites is 1. The largest absolute Gasteiger partial charge is 0.471 e. The number of rotatable bonds is 2. The smallest absolute Gasteiger partial charge is 0.244 e. The van der Waals surface area contributed by atoms with E-state index in [1.807, 2.05) is 24.3 Å². The van der Waals surface area contributed by atoms with Crippen LogP contribution in [0.3, 0.4) is 0 Å². The van der Waals surface area contributed by atoms with Crippen molar-refractivity contribution in [1.82, 2.24) is 20.1 Å². The van der Waals surface area contributed by atoms with E-state index in [0.717, 1.165) is 24.1 Å². The van der Waals surface area contributed by atoms with Gasteiger partial charge in [-0.25, -0.2) is 4.98 Å². The maximum Gasteiger partial charge on any atom is 0.244 e. The molecule has 0 amide bonds. The number of aliphatic imine (C=N–C) groups is 1. The third kappa shape index (κ3) is 1.60. The fraction of sp³-hybridized carbons (Fsp3) is 0.467. The van der Waals surface area contributed by atoms with Crippen molar-refractivity contribution < 1.29 is 4.74 Å². The standard InChI is InChI=1S/C15H16N6O/c1-2-4-12-11(3-1)17-14(20-19-12)18-13-15(8-16-9-22-15)10-5-6-21(13)7-10/h1-4,9-10,13H,5-8H2,(H,17,18,20). The fourth-order valence-corrected chi connectivity index (χ4v) is 3.96. The molecule has 7 nitrogen and oxygen atoms in total. The molecule has 1 aromatic heterocycles. The summed E-state index contributed by atoms with van der Waals surface area (Å²) < 4.78 is 5.94. The molecule has 2 bridgehead atoms. The van der Waals surface area contributed by atoms with Crippen LogP contribution >= 0.6 is 0 Å². The predicted molar refractivity (Wildman–Crippen MR) is 81.6 cm³/mol. The molecule has 1 N–H and O–H groups in total. The highest BCUT2D eigenvalue weighted by Crippen LogP contribution is 2.45. The molecule has 112 valence electrons. The van der Waals surface area contributed by atoms with Crippen LogP contribution < -0.4 is 5.32 Å². The second-order valence-electron chi connectivity index (χ2n) is 6.17. The van der Waals surface area contributed by atoms with E-state index in [9.17, 15) is 0 Å². The van der Waals surface area contributed by atoms with E-state index in [1.54, 1.807) is 6.40 Å². The highest BCUT2D eigenvalue weighted by Gasteiger charge is 2.60. The molecule has 2 aromatic rings. The summed E-state index contributed by atoms with van der Waals surface area (Å²) >= 11 is 0. The normalized spacial score (nSPS) is 35.4. The van der Waals surface area contributed by atoms with Gasteiger partial charge in [-0.15, -0.1) is 10.2 Å². The Kier molecular flexibility index (Phi) is 2.43. The van der Waals surface area contributed by atoms with Crippen LogP contribution in [0.4, 0.5) is 5.95 Å². The minimum absolute atomic E-state index is 0.0525. The Morgan fingerprint density at radius 3 is 3.00 bits per heavy atom. The fourth-order valence-electron chi connectivity index (χ4n) is 3.96. The minimum atomic E-state index is -0.271. The molecule has 0 aliphatic carbocycles. The van der Waals surface area contributed by atoms with Crippen molar-refractivity contribution in [2.75, 3.05) is 25.0 Å². The lowest BCUT2D eigenvalue weighted by Gasteiger charge is -2.39. The molecule has 22 heavy (non-hydrogen) atoms. The monoisotopic (exact) mass is 296 g/mol. The molecule has 4 heterocycles. The van der Waals surface area contributed by atoms with Crippen molar-refractivity contribution in [3.8, 4) is 0 Å². The number of aromatic nitrogens is 3. The van der Waals surface area contributed by atoms with Crippen LogP contribution in [-0.4, -0.2) is 57.9 Å². The number of ether oxygens (including phenoxy) is 1. The zero-order chi connectivity index (χ0) is 14.6. The maximum atomic E-state index is 5.94. The minimum Gasteiger partial charge on any atom is -0.471 e. The lowest BCUT2D eigenvalue weighted by atomic mass is 9.85. The van der Waals surface area contributed by atoms with Gasteiger partial charge in [-0.05, 0) is 18.6 Å². The molecule has 5 rings (SSSR count). The average molecular weight is 296 g/mol. The van der Waals surface area contributed by atoms with Crippen molar-refractivity contribution in [1.29, 1.82) is 0 Å². The summed E-state index contributed by atoms with van der Waals surface area (Å²) in [6.07, 6.45) is 2.81. The van der Waals surface area contributed by atoms with E-state index in [4.69, 9.17) is 4.74 Å². The highest BCUT2D eigenvalue weighted by molar-refractivity contribution is 5.74. The van der Waals surface area contributed by atoms with Crippen molar-refractivity contribution in [3.63, 3.8) is 0 Å². The van der Waals surface area contributed by atoms with Crippen LogP contribution in [0.25, 0.3) is 11.0 Å². The summed E-state index contributed by atoms with van der Waals surface area (Å²) in [5, 5.41) is 11.9. The molecule has 4 atom stereocenters. The van der Waals surface area contributed by atoms with Gasteiger partial charge in [0.2, 0.25) is 5.95 Å². The maximum absolute atomic E-state index is 5.94.